The number of fused-ring (bicyclic) bond motifs is 1. The summed E-state index contributed by atoms with van der Waals surface area (Å²) in [7, 11) is 4.11. The van der Waals surface area contributed by atoms with E-state index in [2.05, 4.69) is 47.2 Å². The lowest BCUT2D eigenvalue weighted by Crippen LogP contribution is -2.35. The summed E-state index contributed by atoms with van der Waals surface area (Å²) in [4.78, 5) is 4.42. The fourth-order valence-corrected chi connectivity index (χ4v) is 3.26. The van der Waals surface area contributed by atoms with Crippen LogP contribution in [0.5, 0.6) is 5.75 Å². The van der Waals surface area contributed by atoms with Crippen molar-refractivity contribution >= 4 is 0 Å². The number of rotatable bonds is 5. The number of nitrogens with one attached hydrogen (secondary N) is 1. The van der Waals surface area contributed by atoms with Crippen LogP contribution in [-0.2, 0) is 13.5 Å². The lowest BCUT2D eigenvalue weighted by Gasteiger charge is -2.32. The van der Waals surface area contributed by atoms with Gasteiger partial charge in [0.2, 0.25) is 0 Å². The maximum Gasteiger partial charge on any atom is 0.122 e. The second kappa shape index (κ2) is 6.31. The van der Waals surface area contributed by atoms with Crippen molar-refractivity contribution in [3.8, 4) is 5.75 Å². The van der Waals surface area contributed by atoms with E-state index in [1.807, 2.05) is 18.5 Å². The zero-order chi connectivity index (χ0) is 14.7. The van der Waals surface area contributed by atoms with E-state index in [1.165, 1.54) is 5.56 Å². The quantitative estimate of drug-likeness (QED) is 0.917. The van der Waals surface area contributed by atoms with Crippen LogP contribution in [0.2, 0.25) is 0 Å². The molecule has 3 rings (SSSR count). The minimum absolute atomic E-state index is 0.451. The van der Waals surface area contributed by atoms with E-state index in [1.54, 1.807) is 0 Å². The fraction of sp³-hybridized carbons (Fsp3) is 0.471. The predicted molar refractivity (Wildman–Crippen MR) is 83.7 cm³/mol. The van der Waals surface area contributed by atoms with Gasteiger partial charge in [-0.15, -0.1) is 0 Å². The average Bonchev–Trinajstić information content (AvgIpc) is 2.93. The fourth-order valence-electron chi connectivity index (χ4n) is 3.26. The minimum atomic E-state index is 0.451. The molecule has 2 atom stereocenters. The van der Waals surface area contributed by atoms with E-state index < -0.39 is 0 Å². The third-order valence-electron chi connectivity index (χ3n) is 4.46. The summed E-state index contributed by atoms with van der Waals surface area (Å²) in [6, 6.07) is 8.87. The van der Waals surface area contributed by atoms with Gasteiger partial charge in [-0.05, 0) is 31.5 Å². The zero-order valence-electron chi connectivity index (χ0n) is 12.7. The van der Waals surface area contributed by atoms with Crippen molar-refractivity contribution in [2.75, 3.05) is 13.7 Å². The van der Waals surface area contributed by atoms with Gasteiger partial charge in [-0.2, -0.15) is 0 Å². The van der Waals surface area contributed by atoms with Crippen LogP contribution in [0, 0.1) is 0 Å². The Morgan fingerprint density at radius 2 is 2.29 bits per heavy atom. The highest BCUT2D eigenvalue weighted by atomic mass is 16.5. The van der Waals surface area contributed by atoms with Crippen molar-refractivity contribution in [3.63, 3.8) is 0 Å². The Labute approximate surface area is 126 Å². The van der Waals surface area contributed by atoms with Crippen LogP contribution in [0.25, 0.3) is 0 Å². The Morgan fingerprint density at radius 3 is 3.05 bits per heavy atom. The van der Waals surface area contributed by atoms with Gasteiger partial charge in [0.25, 0.3) is 0 Å². The molecule has 1 aromatic heterocycles. The van der Waals surface area contributed by atoms with E-state index >= 15 is 0 Å². The molecule has 0 saturated carbocycles. The second-order valence-corrected chi connectivity index (χ2v) is 5.67. The summed E-state index contributed by atoms with van der Waals surface area (Å²) in [5.41, 5.74) is 1.34. The van der Waals surface area contributed by atoms with Crippen molar-refractivity contribution in [1.29, 1.82) is 0 Å². The van der Waals surface area contributed by atoms with Gasteiger partial charge in [-0.25, -0.2) is 4.98 Å². The molecule has 1 aromatic carbocycles. The predicted octanol–water partition coefficient (Wildman–Crippen LogP) is 2.51. The van der Waals surface area contributed by atoms with Crippen LogP contribution in [0.1, 0.15) is 30.1 Å². The van der Waals surface area contributed by atoms with E-state index in [0.29, 0.717) is 12.0 Å². The van der Waals surface area contributed by atoms with Crippen molar-refractivity contribution < 1.29 is 4.74 Å². The molecule has 0 bridgehead atoms. The first-order valence-corrected chi connectivity index (χ1v) is 7.65. The van der Waals surface area contributed by atoms with Gasteiger partial charge in [0.05, 0.1) is 6.61 Å². The van der Waals surface area contributed by atoms with E-state index in [-0.39, 0.29) is 0 Å². The molecule has 4 heteroatoms. The Bertz CT molecular complexity index is 593. The number of ether oxygens (including phenoxy) is 1. The van der Waals surface area contributed by atoms with E-state index in [0.717, 1.165) is 37.4 Å². The smallest absolute Gasteiger partial charge is 0.122 e. The summed E-state index contributed by atoms with van der Waals surface area (Å²) in [6.45, 7) is 0.808. The number of para-hydroxylation sites is 1. The number of hydrogen-bond acceptors (Lipinski definition) is 3. The zero-order valence-corrected chi connectivity index (χ0v) is 12.7. The molecule has 1 aliphatic heterocycles. The highest BCUT2D eigenvalue weighted by Gasteiger charge is 2.27. The van der Waals surface area contributed by atoms with Crippen LogP contribution in [0.4, 0.5) is 0 Å². The van der Waals surface area contributed by atoms with Gasteiger partial charge in [0.15, 0.2) is 0 Å². The highest BCUT2D eigenvalue weighted by molar-refractivity contribution is 5.38. The number of benzene rings is 1. The van der Waals surface area contributed by atoms with Crippen LogP contribution in [-0.4, -0.2) is 29.2 Å². The number of likely N-dealkylation sites (N-methyl/N-ethyl adjacent to an activating group) is 1. The molecule has 4 nitrogen and oxygen atoms in total. The molecule has 2 unspecified atom stereocenters. The highest BCUT2D eigenvalue weighted by Crippen LogP contribution is 2.36. The largest absolute Gasteiger partial charge is 0.493 e. The molecule has 1 aliphatic rings. The summed E-state index contributed by atoms with van der Waals surface area (Å²) < 4.78 is 7.88. The Hall–Kier alpha value is -1.81. The van der Waals surface area contributed by atoms with Gasteiger partial charge in [-0.3, -0.25) is 0 Å². The lowest BCUT2D eigenvalue weighted by atomic mass is 9.84. The molecule has 1 N–H and O–H groups in total. The summed E-state index contributed by atoms with van der Waals surface area (Å²) in [5, 5.41) is 3.50. The monoisotopic (exact) mass is 285 g/mol. The van der Waals surface area contributed by atoms with Crippen molar-refractivity contribution in [2.45, 2.75) is 31.2 Å². The summed E-state index contributed by atoms with van der Waals surface area (Å²) >= 11 is 0. The number of aromatic nitrogens is 2. The average molecular weight is 285 g/mol. The minimum Gasteiger partial charge on any atom is -0.493 e. The Kier molecular flexibility index (Phi) is 4.25. The molecular formula is C17H23N3O. The number of aryl methyl sites for hydroxylation is 2. The van der Waals surface area contributed by atoms with E-state index in [9.17, 15) is 0 Å². The first-order valence-electron chi connectivity index (χ1n) is 7.65. The van der Waals surface area contributed by atoms with Crippen LogP contribution >= 0.6 is 0 Å². The Balaban J connectivity index is 1.73. The molecule has 21 heavy (non-hydrogen) atoms. The third kappa shape index (κ3) is 2.95. The van der Waals surface area contributed by atoms with Gasteiger partial charge in [0.1, 0.15) is 11.6 Å². The second-order valence-electron chi connectivity index (χ2n) is 5.67. The normalized spacial score (nSPS) is 18.9. The molecule has 0 fully saturated rings. The van der Waals surface area contributed by atoms with Crippen molar-refractivity contribution in [1.82, 2.24) is 14.9 Å². The molecular weight excluding hydrogens is 262 g/mol. The van der Waals surface area contributed by atoms with Crippen LogP contribution in [0.3, 0.4) is 0 Å². The van der Waals surface area contributed by atoms with Crippen molar-refractivity contribution in [3.05, 3.63) is 48.0 Å². The SMILES string of the molecule is CNC(CCc1nccn1C)C1CCOc2ccccc21. The molecule has 0 saturated heterocycles. The summed E-state index contributed by atoms with van der Waals surface area (Å²) in [6.07, 6.45) is 7.03. The molecule has 0 aliphatic carbocycles. The molecule has 0 spiro atoms. The Morgan fingerprint density at radius 1 is 1.43 bits per heavy atom. The van der Waals surface area contributed by atoms with Crippen LogP contribution in [0.15, 0.2) is 36.7 Å². The van der Waals surface area contributed by atoms with E-state index in [4.69, 9.17) is 4.74 Å². The maximum atomic E-state index is 5.77. The van der Waals surface area contributed by atoms with Gasteiger partial charge >= 0.3 is 0 Å². The molecule has 2 heterocycles. The van der Waals surface area contributed by atoms with Gasteiger partial charge in [-0.1, -0.05) is 18.2 Å². The molecule has 0 amide bonds. The number of nitrogens with zero attached hydrogens (tertiary/aromatic N) is 2. The summed E-state index contributed by atoms with van der Waals surface area (Å²) in [5.74, 6) is 2.71. The van der Waals surface area contributed by atoms with Gasteiger partial charge in [0, 0.05) is 37.8 Å². The maximum absolute atomic E-state index is 5.77. The first-order chi connectivity index (χ1) is 10.3. The molecule has 112 valence electrons. The van der Waals surface area contributed by atoms with Gasteiger partial charge < -0.3 is 14.6 Å². The molecule has 0 radical (unpaired) electrons. The number of imidazole rings is 1. The topological polar surface area (TPSA) is 39.1 Å². The standard InChI is InChI=1S/C17H23N3O/c1-18-15(7-8-17-19-10-11-20(17)2)13-9-12-21-16-6-4-3-5-14(13)16/h3-6,10-11,13,15,18H,7-9,12H2,1-2H3. The lowest BCUT2D eigenvalue weighted by molar-refractivity contribution is 0.244. The first kappa shape index (κ1) is 14.1. The van der Waals surface area contributed by atoms with Crippen molar-refractivity contribution in [2.24, 2.45) is 7.05 Å². The van der Waals surface area contributed by atoms with Crippen LogP contribution < -0.4 is 10.1 Å². The third-order valence-corrected chi connectivity index (χ3v) is 4.46. The molecule has 2 aromatic rings. The number of hydrogen-bond donors (Lipinski definition) is 1.